The maximum atomic E-state index is 14.2. The van der Waals surface area contributed by atoms with Crippen LogP contribution in [0.4, 0.5) is 15.3 Å². The lowest BCUT2D eigenvalue weighted by molar-refractivity contribution is -0.137. The number of hydrogen-bond donors (Lipinski definition) is 6. The molecule has 0 spiro atoms. The van der Waals surface area contributed by atoms with Gasteiger partial charge in [-0.3, -0.25) is 43.3 Å². The fourth-order valence-electron chi connectivity index (χ4n) is 9.24. The largest absolute Gasteiger partial charge is 0.444 e. The molecule has 32 heteroatoms. The molecule has 101 heavy (non-hydrogen) atoms. The first-order chi connectivity index (χ1) is 48.7. The van der Waals surface area contributed by atoms with Crippen LogP contribution >= 0.6 is 0 Å². The lowest BCUT2D eigenvalue weighted by Gasteiger charge is -2.24. The predicted molar refractivity (Wildman–Crippen MR) is 367 cm³/mol. The van der Waals surface area contributed by atoms with E-state index in [0.717, 1.165) is 17.5 Å². The van der Waals surface area contributed by atoms with Gasteiger partial charge in [-0.05, 0) is 82.6 Å². The lowest BCUT2D eigenvalue weighted by atomic mass is 10.0. The number of carbonyl (C=O) groups is 10. The van der Waals surface area contributed by atoms with Gasteiger partial charge >= 0.3 is 12.2 Å². The zero-order valence-electron chi connectivity index (χ0n) is 59.1. The summed E-state index contributed by atoms with van der Waals surface area (Å²) in [7, 11) is 3.07. The number of aromatic nitrogens is 3. The van der Waals surface area contributed by atoms with E-state index in [1.165, 1.54) is 33.9 Å². The van der Waals surface area contributed by atoms with Gasteiger partial charge in [-0.1, -0.05) is 54.1 Å². The molecule has 2 heterocycles. The smallest absolute Gasteiger partial charge is 0.409 e. The average molecular weight is 1420 g/mol. The molecule has 0 bridgehead atoms. The molecule has 0 saturated heterocycles. The zero-order valence-corrected chi connectivity index (χ0v) is 59.1. The number of aliphatic hydroxyl groups excluding tert-OH is 1. The Bertz CT molecular complexity index is 2950. The second kappa shape index (κ2) is 50.9. The van der Waals surface area contributed by atoms with E-state index in [1.807, 2.05) is 30.3 Å². The maximum absolute atomic E-state index is 14.2. The Morgan fingerprint density at radius 2 is 1.15 bits per heavy atom. The number of nitrogens with zero attached hydrogens (tertiary/aromatic N) is 6. The van der Waals surface area contributed by atoms with Crippen LogP contribution < -0.4 is 26.6 Å². The normalized spacial score (nSPS) is 12.6. The van der Waals surface area contributed by atoms with Gasteiger partial charge in [-0.25, -0.2) is 14.3 Å². The number of ketones is 1. The number of carbonyl (C=O) groups excluding carboxylic acids is 10. The van der Waals surface area contributed by atoms with E-state index in [2.05, 4.69) is 36.9 Å². The van der Waals surface area contributed by atoms with E-state index in [4.69, 9.17) is 52.5 Å². The Kier molecular flexibility index (Phi) is 42.9. The molecule has 0 unspecified atom stereocenters. The topological polar surface area (TPSA) is 384 Å². The molecule has 0 aliphatic carbocycles. The molecule has 6 N–H and O–H groups in total. The molecule has 1 aromatic heterocycles. The molecule has 9 amide bonds. The number of likely N-dealkylation sites (N-methyl/N-ethyl adjacent to an activating group) is 2. The molecule has 0 saturated carbocycles. The number of benzene rings is 2. The summed E-state index contributed by atoms with van der Waals surface area (Å²) in [6, 6.07) is 13.9. The van der Waals surface area contributed by atoms with Crippen molar-refractivity contribution in [2.24, 2.45) is 0 Å². The van der Waals surface area contributed by atoms with Crippen LogP contribution in [0.15, 0.2) is 72.9 Å². The Morgan fingerprint density at radius 3 is 1.73 bits per heavy atom. The molecular formula is C69H105N11O21. The molecule has 1 aliphatic heterocycles. The summed E-state index contributed by atoms with van der Waals surface area (Å²) in [5, 5.41) is 31.1. The van der Waals surface area contributed by atoms with Gasteiger partial charge in [0.15, 0.2) is 12.4 Å². The summed E-state index contributed by atoms with van der Waals surface area (Å²) in [4.78, 5) is 129. The number of ether oxygens (including phenoxy) is 10. The number of nitrogens with one attached hydrogen (secondary N) is 5. The first-order valence-electron chi connectivity index (χ1n) is 34.3. The van der Waals surface area contributed by atoms with E-state index < -0.39 is 66.6 Å². The van der Waals surface area contributed by atoms with Crippen molar-refractivity contribution in [1.82, 2.24) is 51.0 Å². The minimum Gasteiger partial charge on any atom is -0.444 e. The Hall–Kier alpha value is -8.34. The molecule has 4 rings (SSSR count). The Balaban J connectivity index is 1.02. The maximum Gasteiger partial charge on any atom is 0.409 e. The van der Waals surface area contributed by atoms with Crippen molar-refractivity contribution < 1.29 is 100 Å². The highest BCUT2D eigenvalue weighted by Crippen LogP contribution is 2.16. The van der Waals surface area contributed by atoms with Crippen molar-refractivity contribution >= 4 is 65.0 Å². The van der Waals surface area contributed by atoms with E-state index >= 15 is 0 Å². The van der Waals surface area contributed by atoms with Gasteiger partial charge in [-0.15, -0.1) is 5.10 Å². The van der Waals surface area contributed by atoms with Crippen LogP contribution in [0.5, 0.6) is 0 Å². The number of hydrogen-bond acceptors (Lipinski definition) is 23. The van der Waals surface area contributed by atoms with Gasteiger partial charge in [0.05, 0.1) is 125 Å². The van der Waals surface area contributed by atoms with Gasteiger partial charge in [0.25, 0.3) is 11.8 Å². The van der Waals surface area contributed by atoms with Crippen molar-refractivity contribution in [3.05, 3.63) is 89.8 Å². The minimum atomic E-state index is -1.06. The van der Waals surface area contributed by atoms with E-state index in [1.54, 1.807) is 63.0 Å². The quantitative estimate of drug-likeness (QED) is 0.0349. The van der Waals surface area contributed by atoms with Crippen LogP contribution in [0.3, 0.4) is 0 Å². The summed E-state index contributed by atoms with van der Waals surface area (Å²) in [6.07, 6.45) is 6.98. The number of aryl methyl sites for hydroxylation is 1. The number of unbranched alkanes of at least 4 members (excludes halogenated alkanes) is 3. The van der Waals surface area contributed by atoms with Crippen LogP contribution in [0.25, 0.3) is 0 Å². The number of Topliss-reactive ketones (excluding diaryl/α,β-unsaturated/α-hetero) is 1. The molecule has 0 fully saturated rings. The molecular weight excluding hydrogens is 1320 g/mol. The zero-order chi connectivity index (χ0) is 73.3. The predicted octanol–water partition coefficient (Wildman–Crippen LogP) is 2.47. The van der Waals surface area contributed by atoms with Gasteiger partial charge in [0, 0.05) is 83.8 Å². The standard InChI is InChI=1S/C69H105N11O21/c1-69(2,3)101-67(90)70-27-12-11-16-58(65(88)72-55-21-18-53(19-22-55)20-23-62(85)77(4)29-30-78(5)68(91)100-52-57(82)51-81)74-66(89)59(48-54-14-8-6-9-15-54)73-61(84)26-32-92-34-36-94-38-40-96-42-44-98-46-47-99-45-43-97-41-39-95-37-35-93-33-31-79-50-56(75-76-79)49-71-60(83)17-10-7-13-28-80-63(86)24-25-64(80)87/h6,8-9,14-15,18-19,21-22,24-25,50,58-59,81H,7,10-13,16-17,20,23,26-49,51-52H2,1-5H3,(H,70,90)(H,71,83)(H,72,88)(H,73,84)(H,74,89)/t58-,59-/m0/s1. The molecule has 562 valence electrons. The van der Waals surface area contributed by atoms with Gasteiger partial charge in [0.2, 0.25) is 29.5 Å². The second-order valence-corrected chi connectivity index (χ2v) is 24.3. The van der Waals surface area contributed by atoms with Gasteiger partial charge in [-0.2, -0.15) is 0 Å². The van der Waals surface area contributed by atoms with E-state index in [-0.39, 0.29) is 95.3 Å². The molecule has 0 radical (unpaired) electrons. The van der Waals surface area contributed by atoms with Gasteiger partial charge in [0.1, 0.15) is 30.0 Å². The minimum absolute atomic E-state index is 0.0517. The van der Waals surface area contributed by atoms with Gasteiger partial charge < -0.3 is 88.9 Å². The number of imide groups is 1. The molecule has 3 aromatic rings. The van der Waals surface area contributed by atoms with Crippen molar-refractivity contribution in [1.29, 1.82) is 0 Å². The third-order valence-corrected chi connectivity index (χ3v) is 14.8. The highest BCUT2D eigenvalue weighted by molar-refractivity contribution is 6.12. The van der Waals surface area contributed by atoms with Crippen molar-refractivity contribution in [2.45, 2.75) is 122 Å². The highest BCUT2D eigenvalue weighted by atomic mass is 16.6. The molecule has 1 aliphatic rings. The van der Waals surface area contributed by atoms with Crippen molar-refractivity contribution in [3.63, 3.8) is 0 Å². The third kappa shape index (κ3) is 40.0. The van der Waals surface area contributed by atoms with E-state index in [9.17, 15) is 47.9 Å². The van der Waals surface area contributed by atoms with Crippen LogP contribution in [-0.2, 0) is 112 Å². The van der Waals surface area contributed by atoms with E-state index in [0.29, 0.717) is 149 Å². The monoisotopic (exact) mass is 1420 g/mol. The summed E-state index contributed by atoms with van der Waals surface area (Å²) in [5.41, 5.74) is 1.97. The fourth-order valence-corrected chi connectivity index (χ4v) is 9.24. The summed E-state index contributed by atoms with van der Waals surface area (Å²) < 4.78 is 56.5. The Labute approximate surface area is 590 Å². The Morgan fingerprint density at radius 1 is 0.574 bits per heavy atom. The van der Waals surface area contributed by atoms with Crippen LogP contribution in [0.2, 0.25) is 0 Å². The van der Waals surface area contributed by atoms with Crippen LogP contribution in [0.1, 0.15) is 95.4 Å². The number of anilines is 1. The SMILES string of the molecule is CN(CCN(C)C(=O)OCC(=O)CO)C(=O)CCc1ccc(NC(=O)[C@H](CCCCNC(=O)OC(C)(C)C)NC(=O)[C@H](Cc2ccccc2)NC(=O)CCOCCOCCOCCOCCOCCOCCOCCOCCn2cc(CNC(=O)CCCCCN3C(=O)C=CC3=O)nn2)cc1. The van der Waals surface area contributed by atoms with Crippen molar-refractivity contribution in [2.75, 3.05) is 165 Å². The molecule has 2 aromatic carbocycles. The summed E-state index contributed by atoms with van der Waals surface area (Å²) in [5.74, 6) is -3.04. The highest BCUT2D eigenvalue weighted by Gasteiger charge is 2.28. The molecule has 32 nitrogen and oxygen atoms in total. The first-order valence-corrected chi connectivity index (χ1v) is 34.3. The van der Waals surface area contributed by atoms with Crippen LogP contribution in [-0.4, -0.2) is 271 Å². The number of rotatable bonds is 56. The lowest BCUT2D eigenvalue weighted by Crippen LogP contribution is -2.53. The summed E-state index contributed by atoms with van der Waals surface area (Å²) >= 11 is 0. The van der Waals surface area contributed by atoms with Crippen LogP contribution in [0, 0.1) is 0 Å². The second-order valence-electron chi connectivity index (χ2n) is 24.3. The van der Waals surface area contributed by atoms with Crippen molar-refractivity contribution in [3.8, 4) is 0 Å². The number of amides is 9. The molecule has 2 atom stereocenters. The summed E-state index contributed by atoms with van der Waals surface area (Å²) in [6.45, 7) is 11.3. The average Bonchev–Trinajstić information content (AvgIpc) is 1.87. The fraction of sp³-hybridized carbons (Fsp3) is 0.623. The number of alkyl carbamates (subject to hydrolysis) is 1. The first kappa shape index (κ1) is 85.1. The number of aliphatic hydroxyl groups is 1. The third-order valence-electron chi connectivity index (χ3n) is 14.8.